The first kappa shape index (κ1) is 12.3. The molecule has 0 bridgehead atoms. The number of hydrazine groups is 1. The molecule has 16 heavy (non-hydrogen) atoms. The summed E-state index contributed by atoms with van der Waals surface area (Å²) >= 11 is 1.39. The highest BCUT2D eigenvalue weighted by molar-refractivity contribution is 7.03. The second-order valence-electron chi connectivity index (χ2n) is 2.80. The average Bonchev–Trinajstić information content (AvgIpc) is 2.68. The molecule has 1 rings (SSSR count). The van der Waals surface area contributed by atoms with Crippen LogP contribution in [0.3, 0.4) is 0 Å². The minimum absolute atomic E-state index is 0.194. The third-order valence-corrected chi connectivity index (χ3v) is 2.17. The monoisotopic (exact) mass is 244 g/mol. The molecular formula is C7H12N6O2S. The van der Waals surface area contributed by atoms with E-state index in [4.69, 9.17) is 5.73 Å². The van der Waals surface area contributed by atoms with Crippen LogP contribution in [0.5, 0.6) is 0 Å². The van der Waals surface area contributed by atoms with Gasteiger partial charge in [0.05, 0.1) is 12.2 Å². The first-order valence-corrected chi connectivity index (χ1v) is 5.33. The molecular weight excluding hydrogens is 232 g/mol. The Morgan fingerprint density at radius 3 is 3.19 bits per heavy atom. The fourth-order valence-electron chi connectivity index (χ4n) is 0.929. The molecule has 0 fully saturated rings. The SMILES string of the molecule is NC(=NCCNCc1ccsn1)N[N+](=O)[O-]. The van der Waals surface area contributed by atoms with Crippen LogP contribution in [-0.2, 0) is 6.54 Å². The van der Waals surface area contributed by atoms with Crippen LogP contribution in [0, 0.1) is 10.1 Å². The minimum atomic E-state index is -0.748. The molecule has 0 aliphatic carbocycles. The quantitative estimate of drug-likeness (QED) is 0.201. The Morgan fingerprint density at radius 2 is 2.56 bits per heavy atom. The highest BCUT2D eigenvalue weighted by Gasteiger charge is 1.97. The van der Waals surface area contributed by atoms with Gasteiger partial charge in [0, 0.05) is 18.5 Å². The second kappa shape index (κ2) is 6.69. The fraction of sp³-hybridized carbons (Fsp3) is 0.429. The van der Waals surface area contributed by atoms with Gasteiger partial charge in [0.25, 0.3) is 5.96 Å². The van der Waals surface area contributed by atoms with Gasteiger partial charge in [-0.05, 0) is 17.6 Å². The maximum absolute atomic E-state index is 9.96. The number of hydrogen-bond acceptors (Lipinski definition) is 6. The molecule has 0 saturated carbocycles. The van der Waals surface area contributed by atoms with Gasteiger partial charge in [-0.3, -0.25) is 0 Å². The minimum Gasteiger partial charge on any atom is -0.365 e. The summed E-state index contributed by atoms with van der Waals surface area (Å²) in [7, 11) is 0. The lowest BCUT2D eigenvalue weighted by atomic mass is 10.4. The van der Waals surface area contributed by atoms with Crippen LogP contribution in [0.15, 0.2) is 16.4 Å². The summed E-state index contributed by atoms with van der Waals surface area (Å²) in [5.41, 5.74) is 7.93. The van der Waals surface area contributed by atoms with E-state index in [9.17, 15) is 10.1 Å². The van der Waals surface area contributed by atoms with Crippen LogP contribution in [0.4, 0.5) is 0 Å². The van der Waals surface area contributed by atoms with Crippen molar-refractivity contribution in [3.8, 4) is 0 Å². The van der Waals surface area contributed by atoms with Crippen molar-refractivity contribution in [2.75, 3.05) is 13.1 Å². The van der Waals surface area contributed by atoms with E-state index < -0.39 is 5.03 Å². The standard InChI is InChI=1S/C7H12N6O2S/c8-7(11-13(14)15)10-3-2-9-5-6-1-4-16-12-6/h1,4,9H,2-3,5H2,(H3,8,10,11). The van der Waals surface area contributed by atoms with Crippen LogP contribution in [0.1, 0.15) is 5.69 Å². The third kappa shape index (κ3) is 5.22. The van der Waals surface area contributed by atoms with Crippen molar-refractivity contribution in [1.82, 2.24) is 15.1 Å². The first-order chi connectivity index (χ1) is 7.68. The van der Waals surface area contributed by atoms with Gasteiger partial charge in [0.15, 0.2) is 5.03 Å². The van der Waals surface area contributed by atoms with Crippen LogP contribution in [0.2, 0.25) is 0 Å². The van der Waals surface area contributed by atoms with Crippen molar-refractivity contribution in [2.24, 2.45) is 10.7 Å². The van der Waals surface area contributed by atoms with Gasteiger partial charge in [-0.25, -0.2) is 15.1 Å². The zero-order valence-electron chi connectivity index (χ0n) is 8.42. The van der Waals surface area contributed by atoms with Crippen LogP contribution < -0.4 is 16.5 Å². The van der Waals surface area contributed by atoms with Crippen LogP contribution in [-0.4, -0.2) is 28.5 Å². The van der Waals surface area contributed by atoms with E-state index in [0.717, 1.165) is 5.69 Å². The van der Waals surface area contributed by atoms with Crippen LogP contribution >= 0.6 is 11.5 Å². The number of nitrogens with one attached hydrogen (secondary N) is 2. The molecule has 0 aliphatic rings. The van der Waals surface area contributed by atoms with Crippen molar-refractivity contribution < 1.29 is 5.03 Å². The molecule has 4 N–H and O–H groups in total. The van der Waals surface area contributed by atoms with Crippen LogP contribution in [0.25, 0.3) is 0 Å². The molecule has 0 atom stereocenters. The van der Waals surface area contributed by atoms with Crippen molar-refractivity contribution in [3.63, 3.8) is 0 Å². The summed E-state index contributed by atoms with van der Waals surface area (Å²) in [5, 5.41) is 14.2. The van der Waals surface area contributed by atoms with Gasteiger partial charge < -0.3 is 11.1 Å². The van der Waals surface area contributed by atoms with Gasteiger partial charge in [0.2, 0.25) is 0 Å². The first-order valence-electron chi connectivity index (χ1n) is 4.49. The molecule has 0 aromatic carbocycles. The summed E-state index contributed by atoms with van der Waals surface area (Å²) in [6.45, 7) is 1.61. The Bertz CT molecular complexity index is 352. The van der Waals surface area contributed by atoms with Crippen molar-refractivity contribution in [2.45, 2.75) is 6.54 Å². The molecule has 9 heteroatoms. The number of hydrogen-bond donors (Lipinski definition) is 3. The third-order valence-electron chi connectivity index (χ3n) is 1.57. The van der Waals surface area contributed by atoms with Gasteiger partial charge in [0.1, 0.15) is 0 Å². The normalized spacial score (nSPS) is 11.4. The van der Waals surface area contributed by atoms with Gasteiger partial charge in [-0.1, -0.05) is 5.43 Å². The molecule has 1 aromatic rings. The Kier molecular flexibility index (Phi) is 5.16. The average molecular weight is 244 g/mol. The lowest BCUT2D eigenvalue weighted by Crippen LogP contribution is -2.36. The molecule has 0 saturated heterocycles. The molecule has 1 heterocycles. The summed E-state index contributed by atoms with van der Waals surface area (Å²) < 4.78 is 4.11. The maximum Gasteiger partial charge on any atom is 0.251 e. The number of aromatic nitrogens is 1. The van der Waals surface area contributed by atoms with E-state index in [0.29, 0.717) is 19.6 Å². The fourth-order valence-corrected chi connectivity index (χ4v) is 1.47. The zero-order valence-corrected chi connectivity index (χ0v) is 9.24. The van der Waals surface area contributed by atoms with Crippen molar-refractivity contribution in [3.05, 3.63) is 27.3 Å². The number of nitrogens with two attached hydrogens (primary N) is 1. The number of guanidine groups is 1. The number of nitrogens with zero attached hydrogens (tertiary/aromatic N) is 3. The van der Waals surface area contributed by atoms with Crippen molar-refractivity contribution >= 4 is 17.5 Å². The molecule has 0 aliphatic heterocycles. The molecule has 8 nitrogen and oxygen atoms in total. The lowest BCUT2D eigenvalue weighted by molar-refractivity contribution is -0.525. The molecule has 0 amide bonds. The highest BCUT2D eigenvalue weighted by atomic mass is 32.1. The number of aliphatic imine (C=N–C) groups is 1. The zero-order chi connectivity index (χ0) is 11.8. The Morgan fingerprint density at radius 1 is 1.75 bits per heavy atom. The molecule has 1 aromatic heterocycles. The Labute approximate surface area is 95.9 Å². The van der Waals surface area contributed by atoms with E-state index >= 15 is 0 Å². The summed E-state index contributed by atoms with van der Waals surface area (Å²) in [6.07, 6.45) is 0. The molecule has 88 valence electrons. The lowest BCUT2D eigenvalue weighted by Gasteiger charge is -2.00. The Hall–Kier alpha value is -1.74. The van der Waals surface area contributed by atoms with Gasteiger partial charge >= 0.3 is 0 Å². The molecule has 0 unspecified atom stereocenters. The van der Waals surface area contributed by atoms with E-state index in [1.807, 2.05) is 11.4 Å². The largest absolute Gasteiger partial charge is 0.365 e. The van der Waals surface area contributed by atoms with E-state index in [-0.39, 0.29) is 5.96 Å². The predicted molar refractivity (Wildman–Crippen MR) is 60.4 cm³/mol. The smallest absolute Gasteiger partial charge is 0.251 e. The van der Waals surface area contributed by atoms with E-state index in [1.54, 1.807) is 5.43 Å². The van der Waals surface area contributed by atoms with E-state index in [2.05, 4.69) is 14.7 Å². The van der Waals surface area contributed by atoms with E-state index in [1.165, 1.54) is 11.5 Å². The predicted octanol–water partition coefficient (Wildman–Crippen LogP) is -0.671. The summed E-state index contributed by atoms with van der Waals surface area (Å²) in [6, 6.07) is 1.92. The maximum atomic E-state index is 9.96. The number of rotatable bonds is 6. The number of nitro groups is 1. The second-order valence-corrected chi connectivity index (χ2v) is 3.47. The highest BCUT2D eigenvalue weighted by Crippen LogP contribution is 1.97. The summed E-state index contributed by atoms with van der Waals surface area (Å²) in [4.78, 5) is 13.7. The van der Waals surface area contributed by atoms with Gasteiger partial charge in [-0.2, -0.15) is 4.37 Å². The molecule has 0 spiro atoms. The van der Waals surface area contributed by atoms with Gasteiger partial charge in [-0.15, -0.1) is 0 Å². The Balaban J connectivity index is 2.09. The molecule has 0 radical (unpaired) electrons. The van der Waals surface area contributed by atoms with Crippen molar-refractivity contribution in [1.29, 1.82) is 0 Å². The topological polar surface area (TPSA) is 118 Å². The summed E-state index contributed by atoms with van der Waals surface area (Å²) in [5.74, 6) is -0.194.